The average Bonchev–Trinajstić information content (AvgIpc) is 3.04. The van der Waals surface area contributed by atoms with Crippen LogP contribution in [-0.2, 0) is 0 Å². The van der Waals surface area contributed by atoms with Gasteiger partial charge in [0.05, 0.1) is 17.4 Å². The molecular formula is C14H11ClN6O2. The van der Waals surface area contributed by atoms with Crippen LogP contribution in [0, 0.1) is 0 Å². The molecular weight excluding hydrogens is 320 g/mol. The number of hydrogen-bond donors (Lipinski definition) is 3. The predicted molar refractivity (Wildman–Crippen MR) is 85.1 cm³/mol. The first-order valence-electron chi connectivity index (χ1n) is 6.49. The first-order chi connectivity index (χ1) is 11.1. The molecule has 3 aromatic rings. The van der Waals surface area contributed by atoms with Crippen LogP contribution in [0.15, 0.2) is 47.3 Å². The molecule has 3 rings (SSSR count). The van der Waals surface area contributed by atoms with E-state index in [1.807, 2.05) is 0 Å². The van der Waals surface area contributed by atoms with E-state index in [1.165, 1.54) is 12.5 Å². The predicted octanol–water partition coefficient (Wildman–Crippen LogP) is 2.70. The van der Waals surface area contributed by atoms with Gasteiger partial charge in [0.1, 0.15) is 11.3 Å². The highest BCUT2D eigenvalue weighted by Gasteiger charge is 2.11. The molecule has 1 aromatic carbocycles. The van der Waals surface area contributed by atoms with E-state index in [4.69, 9.17) is 21.9 Å². The van der Waals surface area contributed by atoms with Crippen molar-refractivity contribution in [3.63, 3.8) is 0 Å². The molecule has 0 saturated heterocycles. The van der Waals surface area contributed by atoms with Crippen LogP contribution >= 0.6 is 11.6 Å². The molecule has 23 heavy (non-hydrogen) atoms. The van der Waals surface area contributed by atoms with Crippen LogP contribution in [0.2, 0.25) is 5.02 Å². The number of nitrogens with zero attached hydrogens (tertiary/aromatic N) is 3. The first kappa shape index (κ1) is 14.8. The maximum atomic E-state index is 11.5. The number of hydrogen-bond acceptors (Lipinski definition) is 7. The Morgan fingerprint density at radius 3 is 2.78 bits per heavy atom. The van der Waals surface area contributed by atoms with E-state index in [0.717, 1.165) is 0 Å². The highest BCUT2D eigenvalue weighted by molar-refractivity contribution is 6.33. The second-order valence-electron chi connectivity index (χ2n) is 4.43. The lowest BCUT2D eigenvalue weighted by molar-refractivity contribution is 0.100. The van der Waals surface area contributed by atoms with E-state index in [1.54, 1.807) is 30.3 Å². The van der Waals surface area contributed by atoms with Crippen LogP contribution in [0.1, 0.15) is 10.4 Å². The molecule has 0 saturated carbocycles. The van der Waals surface area contributed by atoms with Crippen molar-refractivity contribution in [2.24, 2.45) is 5.73 Å². The molecule has 9 heteroatoms. The summed E-state index contributed by atoms with van der Waals surface area (Å²) in [4.78, 5) is 19.8. The molecule has 0 atom stereocenters. The summed E-state index contributed by atoms with van der Waals surface area (Å²) < 4.78 is 4.72. The third-order valence-electron chi connectivity index (χ3n) is 2.87. The third kappa shape index (κ3) is 3.38. The summed E-state index contributed by atoms with van der Waals surface area (Å²) in [7, 11) is 0. The van der Waals surface area contributed by atoms with Gasteiger partial charge in [-0.15, -0.1) is 0 Å². The molecule has 4 N–H and O–H groups in total. The molecule has 0 bridgehead atoms. The minimum absolute atomic E-state index is 0.266. The SMILES string of the molecule is NC(=O)c1ccccc1Nc1nc(Nc2ccon2)ncc1Cl. The van der Waals surface area contributed by atoms with Crippen LogP contribution in [-0.4, -0.2) is 21.0 Å². The highest BCUT2D eigenvalue weighted by Crippen LogP contribution is 2.26. The molecule has 0 aliphatic carbocycles. The van der Waals surface area contributed by atoms with Gasteiger partial charge in [-0.25, -0.2) is 4.98 Å². The maximum Gasteiger partial charge on any atom is 0.250 e. The summed E-state index contributed by atoms with van der Waals surface area (Å²) in [5, 5.41) is 9.82. The summed E-state index contributed by atoms with van der Waals surface area (Å²) in [6.45, 7) is 0. The molecule has 116 valence electrons. The lowest BCUT2D eigenvalue weighted by atomic mass is 10.1. The number of carbonyl (C=O) groups is 1. The van der Waals surface area contributed by atoms with Crippen LogP contribution in [0.25, 0.3) is 0 Å². The second-order valence-corrected chi connectivity index (χ2v) is 4.84. The number of benzene rings is 1. The van der Waals surface area contributed by atoms with E-state index in [9.17, 15) is 4.79 Å². The number of primary amides is 1. The van der Waals surface area contributed by atoms with E-state index >= 15 is 0 Å². The number of rotatable bonds is 5. The highest BCUT2D eigenvalue weighted by atomic mass is 35.5. The molecule has 0 aliphatic heterocycles. The number of para-hydroxylation sites is 1. The minimum Gasteiger partial charge on any atom is -0.366 e. The van der Waals surface area contributed by atoms with E-state index < -0.39 is 5.91 Å². The fourth-order valence-electron chi connectivity index (χ4n) is 1.84. The molecule has 0 aliphatic rings. The normalized spacial score (nSPS) is 10.3. The number of anilines is 4. The van der Waals surface area contributed by atoms with Crippen molar-refractivity contribution in [1.29, 1.82) is 0 Å². The van der Waals surface area contributed by atoms with Crippen molar-refractivity contribution in [3.8, 4) is 0 Å². The van der Waals surface area contributed by atoms with Gasteiger partial charge in [-0.1, -0.05) is 28.9 Å². The van der Waals surface area contributed by atoms with E-state index in [2.05, 4.69) is 25.8 Å². The van der Waals surface area contributed by atoms with Crippen molar-refractivity contribution in [3.05, 3.63) is 53.4 Å². The average molecular weight is 331 g/mol. The molecule has 0 unspecified atom stereocenters. The number of aromatic nitrogens is 3. The van der Waals surface area contributed by atoms with E-state index in [-0.39, 0.29) is 11.0 Å². The molecule has 2 aromatic heterocycles. The Balaban J connectivity index is 1.89. The quantitative estimate of drug-likeness (QED) is 0.658. The van der Waals surface area contributed by atoms with Crippen molar-refractivity contribution < 1.29 is 9.32 Å². The van der Waals surface area contributed by atoms with Crippen molar-refractivity contribution in [2.75, 3.05) is 10.6 Å². The summed E-state index contributed by atoms with van der Waals surface area (Å²) in [6, 6.07) is 8.40. The molecule has 2 heterocycles. The lowest BCUT2D eigenvalue weighted by Crippen LogP contribution is -2.13. The number of nitrogens with one attached hydrogen (secondary N) is 2. The van der Waals surface area contributed by atoms with Gasteiger partial charge in [0.2, 0.25) is 5.95 Å². The zero-order valence-electron chi connectivity index (χ0n) is 11.7. The van der Waals surface area contributed by atoms with Gasteiger partial charge in [0, 0.05) is 6.07 Å². The van der Waals surface area contributed by atoms with Crippen LogP contribution < -0.4 is 16.4 Å². The minimum atomic E-state index is -0.556. The Morgan fingerprint density at radius 1 is 1.22 bits per heavy atom. The van der Waals surface area contributed by atoms with Gasteiger partial charge in [-0.05, 0) is 12.1 Å². The molecule has 1 amide bonds. The summed E-state index contributed by atoms with van der Waals surface area (Å²) >= 11 is 6.09. The monoisotopic (exact) mass is 330 g/mol. The van der Waals surface area contributed by atoms with Gasteiger partial charge in [-0.2, -0.15) is 4.98 Å². The van der Waals surface area contributed by atoms with Crippen LogP contribution in [0.5, 0.6) is 0 Å². The fraction of sp³-hybridized carbons (Fsp3) is 0. The van der Waals surface area contributed by atoms with Crippen molar-refractivity contribution in [1.82, 2.24) is 15.1 Å². The second kappa shape index (κ2) is 6.32. The van der Waals surface area contributed by atoms with Crippen LogP contribution in [0.4, 0.5) is 23.3 Å². The Hall–Kier alpha value is -3.13. The first-order valence-corrected chi connectivity index (χ1v) is 6.87. The lowest BCUT2D eigenvalue weighted by Gasteiger charge is -2.11. The number of halogens is 1. The summed E-state index contributed by atoms with van der Waals surface area (Å²) in [6.07, 6.45) is 2.84. The summed E-state index contributed by atoms with van der Waals surface area (Å²) in [5.74, 6) is 0.485. The number of carbonyl (C=O) groups excluding carboxylic acids is 1. The molecule has 0 fully saturated rings. The van der Waals surface area contributed by atoms with E-state index in [0.29, 0.717) is 22.9 Å². The Bertz CT molecular complexity index is 837. The number of amides is 1. The van der Waals surface area contributed by atoms with Gasteiger partial charge < -0.3 is 20.9 Å². The smallest absolute Gasteiger partial charge is 0.250 e. The molecule has 8 nitrogen and oxygen atoms in total. The zero-order chi connectivity index (χ0) is 16.2. The maximum absolute atomic E-state index is 11.5. The Labute approximate surface area is 135 Å². The fourth-order valence-corrected chi connectivity index (χ4v) is 1.98. The summed E-state index contributed by atoms with van der Waals surface area (Å²) in [5.41, 5.74) is 6.17. The van der Waals surface area contributed by atoms with Gasteiger partial charge in [0.25, 0.3) is 5.91 Å². The van der Waals surface area contributed by atoms with Gasteiger partial charge in [0.15, 0.2) is 11.6 Å². The van der Waals surface area contributed by atoms with Gasteiger partial charge in [-0.3, -0.25) is 4.79 Å². The van der Waals surface area contributed by atoms with Crippen molar-refractivity contribution in [2.45, 2.75) is 0 Å². The Morgan fingerprint density at radius 2 is 2.04 bits per heavy atom. The largest absolute Gasteiger partial charge is 0.366 e. The van der Waals surface area contributed by atoms with Crippen molar-refractivity contribution >= 4 is 40.8 Å². The molecule has 0 radical (unpaired) electrons. The third-order valence-corrected chi connectivity index (χ3v) is 3.14. The molecule has 0 spiro atoms. The number of nitrogens with two attached hydrogens (primary N) is 1. The van der Waals surface area contributed by atoms with Crippen LogP contribution in [0.3, 0.4) is 0 Å². The zero-order valence-corrected chi connectivity index (χ0v) is 12.4. The Kier molecular flexibility index (Phi) is 4.07. The standard InChI is InChI=1S/C14H11ClN6O2/c15-9-7-17-14(19-11-5-6-23-21-11)20-13(9)18-10-4-2-1-3-8(10)12(16)22/h1-7H,(H2,16,22)(H2,17,18,19,20,21). The van der Waals surface area contributed by atoms with Gasteiger partial charge >= 0.3 is 0 Å². The topological polar surface area (TPSA) is 119 Å².